The maximum atomic E-state index is 11.8. The Kier molecular flexibility index (Phi) is 4.71. The van der Waals surface area contributed by atoms with Crippen molar-refractivity contribution in [1.29, 1.82) is 0 Å². The fourth-order valence-corrected chi connectivity index (χ4v) is 1.45. The second-order valence-corrected chi connectivity index (χ2v) is 3.83. The Morgan fingerprint density at radius 2 is 1.94 bits per heavy atom. The molecule has 1 aromatic rings. The molecule has 0 aliphatic carbocycles. The number of anilines is 1. The molecule has 0 N–H and O–H groups in total. The van der Waals surface area contributed by atoms with Crippen LogP contribution in [0.4, 0.5) is 5.69 Å². The van der Waals surface area contributed by atoms with E-state index in [4.69, 9.17) is 4.74 Å². The molecule has 0 bridgehead atoms. The highest BCUT2D eigenvalue weighted by Crippen LogP contribution is 2.25. The SMILES string of the molecule is CCOC(=O)C(=O)c1ccc(N(C)C)cc1OC. The Balaban J connectivity index is 3.09. The summed E-state index contributed by atoms with van der Waals surface area (Å²) in [5.74, 6) is -1.20. The van der Waals surface area contributed by atoms with Gasteiger partial charge in [0.25, 0.3) is 5.78 Å². The highest BCUT2D eigenvalue weighted by Gasteiger charge is 2.21. The first-order valence-corrected chi connectivity index (χ1v) is 5.58. The summed E-state index contributed by atoms with van der Waals surface area (Å²) in [4.78, 5) is 25.1. The lowest BCUT2D eigenvalue weighted by atomic mass is 10.1. The lowest BCUT2D eigenvalue weighted by Gasteiger charge is -2.15. The van der Waals surface area contributed by atoms with Crippen molar-refractivity contribution in [2.75, 3.05) is 32.7 Å². The molecule has 0 unspecified atom stereocenters. The van der Waals surface area contributed by atoms with Crippen LogP contribution in [0.2, 0.25) is 0 Å². The van der Waals surface area contributed by atoms with Gasteiger partial charge in [0.2, 0.25) is 0 Å². The van der Waals surface area contributed by atoms with Crippen molar-refractivity contribution in [2.24, 2.45) is 0 Å². The van der Waals surface area contributed by atoms with E-state index in [-0.39, 0.29) is 12.2 Å². The third kappa shape index (κ3) is 3.00. The predicted octanol–water partition coefficient (Wildman–Crippen LogP) is 1.51. The van der Waals surface area contributed by atoms with Gasteiger partial charge in [-0.25, -0.2) is 4.79 Å². The van der Waals surface area contributed by atoms with E-state index in [1.807, 2.05) is 19.0 Å². The second-order valence-electron chi connectivity index (χ2n) is 3.83. The van der Waals surface area contributed by atoms with Gasteiger partial charge in [0.15, 0.2) is 0 Å². The van der Waals surface area contributed by atoms with E-state index in [9.17, 15) is 9.59 Å². The van der Waals surface area contributed by atoms with Gasteiger partial charge in [0, 0.05) is 25.8 Å². The van der Waals surface area contributed by atoms with Crippen molar-refractivity contribution >= 4 is 17.4 Å². The van der Waals surface area contributed by atoms with Gasteiger partial charge < -0.3 is 14.4 Å². The third-order valence-corrected chi connectivity index (χ3v) is 2.41. The van der Waals surface area contributed by atoms with Gasteiger partial charge in [-0.2, -0.15) is 0 Å². The molecule has 0 atom stereocenters. The minimum atomic E-state index is -0.867. The van der Waals surface area contributed by atoms with Gasteiger partial charge in [-0.1, -0.05) is 0 Å². The maximum Gasteiger partial charge on any atom is 0.379 e. The first-order valence-electron chi connectivity index (χ1n) is 5.58. The van der Waals surface area contributed by atoms with E-state index in [0.29, 0.717) is 5.75 Å². The number of ether oxygens (including phenoxy) is 2. The van der Waals surface area contributed by atoms with E-state index >= 15 is 0 Å². The second kappa shape index (κ2) is 6.05. The van der Waals surface area contributed by atoms with Crippen molar-refractivity contribution in [3.8, 4) is 5.75 Å². The molecule has 0 heterocycles. The number of hydrogen-bond donors (Lipinski definition) is 0. The van der Waals surface area contributed by atoms with Crippen molar-refractivity contribution in [3.05, 3.63) is 23.8 Å². The molecule has 1 rings (SSSR count). The highest BCUT2D eigenvalue weighted by atomic mass is 16.5. The molecule has 0 saturated carbocycles. The largest absolute Gasteiger partial charge is 0.496 e. The minimum absolute atomic E-state index is 0.169. The minimum Gasteiger partial charge on any atom is -0.496 e. The molecular weight excluding hydrogens is 234 g/mol. The predicted molar refractivity (Wildman–Crippen MR) is 68.3 cm³/mol. The molecule has 0 spiro atoms. The molecule has 5 heteroatoms. The van der Waals surface area contributed by atoms with Crippen LogP contribution in [0.3, 0.4) is 0 Å². The molecule has 0 radical (unpaired) electrons. The molecule has 0 aromatic heterocycles. The first-order chi connectivity index (χ1) is 8.51. The van der Waals surface area contributed by atoms with Gasteiger partial charge in [0.1, 0.15) is 5.75 Å². The molecule has 0 amide bonds. The number of rotatable bonds is 5. The number of methoxy groups -OCH3 is 1. The Morgan fingerprint density at radius 1 is 1.28 bits per heavy atom. The Hall–Kier alpha value is -2.04. The number of benzene rings is 1. The van der Waals surface area contributed by atoms with Crippen LogP contribution in [-0.2, 0) is 9.53 Å². The zero-order valence-electron chi connectivity index (χ0n) is 11.0. The van der Waals surface area contributed by atoms with Crippen molar-refractivity contribution < 1.29 is 19.1 Å². The van der Waals surface area contributed by atoms with E-state index in [1.54, 1.807) is 25.1 Å². The van der Waals surface area contributed by atoms with Crippen LogP contribution >= 0.6 is 0 Å². The summed E-state index contributed by atoms with van der Waals surface area (Å²) in [6.07, 6.45) is 0. The van der Waals surface area contributed by atoms with Crippen molar-refractivity contribution in [3.63, 3.8) is 0 Å². The zero-order chi connectivity index (χ0) is 13.7. The molecule has 0 aliphatic heterocycles. The highest BCUT2D eigenvalue weighted by molar-refractivity contribution is 6.41. The van der Waals surface area contributed by atoms with Crippen LogP contribution in [0, 0.1) is 0 Å². The molecule has 1 aromatic carbocycles. The number of Topliss-reactive ketones (excluding diaryl/α,β-unsaturated/α-hetero) is 1. The van der Waals surface area contributed by atoms with Crippen LogP contribution < -0.4 is 9.64 Å². The quantitative estimate of drug-likeness (QED) is 0.451. The normalized spacial score (nSPS) is 9.78. The lowest BCUT2D eigenvalue weighted by Crippen LogP contribution is -2.18. The molecular formula is C13H17NO4. The Labute approximate surface area is 106 Å². The van der Waals surface area contributed by atoms with Gasteiger partial charge >= 0.3 is 5.97 Å². The van der Waals surface area contributed by atoms with E-state index < -0.39 is 11.8 Å². The zero-order valence-corrected chi connectivity index (χ0v) is 11.0. The average Bonchev–Trinajstić information content (AvgIpc) is 2.37. The van der Waals surface area contributed by atoms with E-state index in [1.165, 1.54) is 7.11 Å². The average molecular weight is 251 g/mol. The Morgan fingerprint density at radius 3 is 2.44 bits per heavy atom. The molecule has 0 aliphatic rings. The molecule has 98 valence electrons. The lowest BCUT2D eigenvalue weighted by molar-refractivity contribution is -0.137. The molecule has 0 saturated heterocycles. The van der Waals surface area contributed by atoms with Crippen LogP contribution in [-0.4, -0.2) is 39.6 Å². The summed E-state index contributed by atoms with van der Waals surface area (Å²) in [6, 6.07) is 5.01. The number of nitrogens with zero attached hydrogens (tertiary/aromatic N) is 1. The number of carbonyl (C=O) groups excluding carboxylic acids is 2. The summed E-state index contributed by atoms with van der Waals surface area (Å²) in [7, 11) is 5.21. The summed E-state index contributed by atoms with van der Waals surface area (Å²) in [5, 5.41) is 0. The van der Waals surface area contributed by atoms with Crippen LogP contribution in [0.5, 0.6) is 5.75 Å². The topological polar surface area (TPSA) is 55.8 Å². The van der Waals surface area contributed by atoms with E-state index in [0.717, 1.165) is 5.69 Å². The van der Waals surface area contributed by atoms with Gasteiger partial charge in [0.05, 0.1) is 19.3 Å². The molecule has 0 fully saturated rings. The van der Waals surface area contributed by atoms with E-state index in [2.05, 4.69) is 4.74 Å². The number of carbonyl (C=O) groups is 2. The Bertz CT molecular complexity index is 454. The fourth-order valence-electron chi connectivity index (χ4n) is 1.45. The maximum absolute atomic E-state index is 11.8. The van der Waals surface area contributed by atoms with Gasteiger partial charge in [-0.3, -0.25) is 4.79 Å². The van der Waals surface area contributed by atoms with Crippen molar-refractivity contribution in [1.82, 2.24) is 0 Å². The third-order valence-electron chi connectivity index (χ3n) is 2.41. The summed E-state index contributed by atoms with van der Waals surface area (Å²) in [5.41, 5.74) is 1.09. The smallest absolute Gasteiger partial charge is 0.379 e. The number of esters is 1. The first kappa shape index (κ1) is 14.0. The van der Waals surface area contributed by atoms with Gasteiger partial charge in [-0.15, -0.1) is 0 Å². The standard InChI is InChI=1S/C13H17NO4/c1-5-18-13(16)12(15)10-7-6-9(14(2)3)8-11(10)17-4/h6-8H,5H2,1-4H3. The van der Waals surface area contributed by atoms with Gasteiger partial charge in [-0.05, 0) is 19.1 Å². The monoisotopic (exact) mass is 251 g/mol. The summed E-state index contributed by atoms with van der Waals surface area (Å²) < 4.78 is 9.81. The molecule has 5 nitrogen and oxygen atoms in total. The van der Waals surface area contributed by atoms with Crippen LogP contribution in [0.25, 0.3) is 0 Å². The summed E-state index contributed by atoms with van der Waals surface area (Å²) in [6.45, 7) is 1.82. The fraction of sp³-hybridized carbons (Fsp3) is 0.385. The number of ketones is 1. The van der Waals surface area contributed by atoms with Crippen molar-refractivity contribution in [2.45, 2.75) is 6.92 Å². The summed E-state index contributed by atoms with van der Waals surface area (Å²) >= 11 is 0. The van der Waals surface area contributed by atoms with Crippen LogP contribution in [0.15, 0.2) is 18.2 Å². The molecule has 18 heavy (non-hydrogen) atoms. The van der Waals surface area contributed by atoms with Crippen LogP contribution in [0.1, 0.15) is 17.3 Å². The number of hydrogen-bond acceptors (Lipinski definition) is 5.